The van der Waals surface area contributed by atoms with Crippen molar-refractivity contribution in [3.63, 3.8) is 0 Å². The van der Waals surface area contributed by atoms with E-state index < -0.39 is 35.7 Å². The second-order valence-electron chi connectivity index (χ2n) is 7.44. The van der Waals surface area contributed by atoms with Gasteiger partial charge in [0.1, 0.15) is 17.9 Å². The Bertz CT molecular complexity index is 928. The van der Waals surface area contributed by atoms with E-state index in [1.54, 1.807) is 6.92 Å². The number of nitrogens with one attached hydrogen (secondary N) is 2. The Hall–Kier alpha value is -3.22. The molecule has 2 aromatic rings. The first-order chi connectivity index (χ1) is 14.4. The van der Waals surface area contributed by atoms with Crippen molar-refractivity contribution in [1.82, 2.24) is 10.2 Å². The van der Waals surface area contributed by atoms with Gasteiger partial charge in [0.15, 0.2) is 0 Å². The number of aryl methyl sites for hydroxylation is 1. The molecular formula is C23H26FN3O3. The van der Waals surface area contributed by atoms with E-state index in [4.69, 9.17) is 0 Å². The van der Waals surface area contributed by atoms with Crippen LogP contribution in [0.2, 0.25) is 0 Å². The summed E-state index contributed by atoms with van der Waals surface area (Å²) in [5, 5.41) is 5.41. The maximum Gasteiger partial charge on any atom is 0.325 e. The fraction of sp³-hybridized carbons (Fsp3) is 0.348. The number of benzene rings is 2. The number of imide groups is 1. The van der Waals surface area contributed by atoms with Crippen LogP contribution < -0.4 is 10.6 Å². The maximum atomic E-state index is 13.3. The van der Waals surface area contributed by atoms with Crippen molar-refractivity contribution in [2.75, 3.05) is 11.9 Å². The van der Waals surface area contributed by atoms with Crippen LogP contribution in [-0.2, 0) is 21.5 Å². The van der Waals surface area contributed by atoms with Crippen LogP contribution >= 0.6 is 0 Å². The van der Waals surface area contributed by atoms with E-state index in [9.17, 15) is 18.8 Å². The number of anilines is 1. The van der Waals surface area contributed by atoms with Crippen molar-refractivity contribution >= 4 is 23.5 Å². The molecule has 0 spiro atoms. The molecule has 0 aliphatic carbocycles. The van der Waals surface area contributed by atoms with Gasteiger partial charge in [-0.2, -0.15) is 0 Å². The van der Waals surface area contributed by atoms with Gasteiger partial charge in [0.05, 0.1) is 0 Å². The lowest BCUT2D eigenvalue weighted by atomic mass is 9.87. The first-order valence-electron chi connectivity index (χ1n) is 10.2. The summed E-state index contributed by atoms with van der Waals surface area (Å²) < 4.78 is 13.3. The van der Waals surface area contributed by atoms with Crippen molar-refractivity contribution < 1.29 is 18.8 Å². The highest BCUT2D eigenvalue weighted by Crippen LogP contribution is 2.32. The number of carbonyl (C=O) groups excluding carboxylic acids is 3. The molecule has 0 bridgehead atoms. The molecule has 4 amide bonds. The molecule has 0 radical (unpaired) electrons. The molecule has 0 aromatic heterocycles. The third-order valence-corrected chi connectivity index (χ3v) is 5.40. The van der Waals surface area contributed by atoms with Crippen LogP contribution in [0.1, 0.15) is 44.2 Å². The van der Waals surface area contributed by atoms with Gasteiger partial charge in [-0.05, 0) is 54.7 Å². The molecule has 7 heteroatoms. The van der Waals surface area contributed by atoms with Crippen LogP contribution in [0.4, 0.5) is 14.9 Å². The van der Waals surface area contributed by atoms with Crippen LogP contribution in [0, 0.1) is 5.82 Å². The number of rotatable bonds is 8. The zero-order valence-electron chi connectivity index (χ0n) is 17.2. The van der Waals surface area contributed by atoms with Gasteiger partial charge in [0, 0.05) is 5.69 Å². The molecule has 1 atom stereocenters. The average Bonchev–Trinajstić information content (AvgIpc) is 2.99. The molecule has 3 rings (SSSR count). The van der Waals surface area contributed by atoms with Crippen molar-refractivity contribution in [3.05, 3.63) is 65.5 Å². The van der Waals surface area contributed by atoms with Gasteiger partial charge < -0.3 is 10.6 Å². The standard InChI is InChI=1S/C23H26FN3O3/c1-3-5-6-16-7-13-19(14-8-16)25-20(28)15-27-21(29)23(4-2,26-22(27)30)17-9-11-18(24)12-10-17/h7-14H,3-6,15H2,1-2H3,(H,25,28)(H,26,30)/t23-/m1/s1. The number of hydrogen-bond acceptors (Lipinski definition) is 3. The normalized spacial score (nSPS) is 18.4. The van der Waals surface area contributed by atoms with Gasteiger partial charge in [-0.25, -0.2) is 9.18 Å². The van der Waals surface area contributed by atoms with Gasteiger partial charge >= 0.3 is 6.03 Å². The minimum absolute atomic E-state index is 0.278. The maximum absolute atomic E-state index is 13.3. The molecule has 30 heavy (non-hydrogen) atoms. The van der Waals surface area contributed by atoms with E-state index >= 15 is 0 Å². The first kappa shape index (κ1) is 21.5. The SMILES string of the molecule is CCCCc1ccc(NC(=O)CN2C(=O)N[C@](CC)(c3ccc(F)cc3)C2=O)cc1. The quantitative estimate of drug-likeness (QED) is 0.646. The van der Waals surface area contributed by atoms with Crippen molar-refractivity contribution in [2.24, 2.45) is 0 Å². The number of amides is 4. The minimum atomic E-state index is -1.30. The Balaban J connectivity index is 1.68. The second kappa shape index (κ2) is 9.07. The van der Waals surface area contributed by atoms with Crippen LogP contribution in [0.25, 0.3) is 0 Å². The molecule has 1 heterocycles. The third kappa shape index (κ3) is 4.35. The molecular weight excluding hydrogens is 385 g/mol. The van der Waals surface area contributed by atoms with Gasteiger partial charge in [-0.1, -0.05) is 44.5 Å². The molecule has 6 nitrogen and oxygen atoms in total. The highest BCUT2D eigenvalue weighted by atomic mass is 19.1. The number of carbonyl (C=O) groups is 3. The number of hydrogen-bond donors (Lipinski definition) is 2. The molecule has 2 aromatic carbocycles. The lowest BCUT2D eigenvalue weighted by molar-refractivity contribution is -0.134. The fourth-order valence-corrected chi connectivity index (χ4v) is 3.62. The lowest BCUT2D eigenvalue weighted by Gasteiger charge is -2.25. The van der Waals surface area contributed by atoms with Crippen molar-refractivity contribution in [1.29, 1.82) is 0 Å². The molecule has 0 saturated carbocycles. The van der Waals surface area contributed by atoms with Crippen molar-refractivity contribution in [3.8, 4) is 0 Å². The van der Waals surface area contributed by atoms with E-state index in [0.29, 0.717) is 11.3 Å². The Morgan fingerprint density at radius 1 is 1.07 bits per heavy atom. The molecule has 1 saturated heterocycles. The predicted octanol–water partition coefficient (Wildman–Crippen LogP) is 3.96. The summed E-state index contributed by atoms with van der Waals surface area (Å²) in [7, 11) is 0. The molecule has 1 aliphatic heterocycles. The van der Waals surface area contributed by atoms with E-state index in [2.05, 4.69) is 17.6 Å². The fourth-order valence-electron chi connectivity index (χ4n) is 3.62. The van der Waals surface area contributed by atoms with Crippen LogP contribution in [0.3, 0.4) is 0 Å². The summed E-state index contributed by atoms with van der Waals surface area (Å²) in [6.45, 7) is 3.49. The van der Waals surface area contributed by atoms with Gasteiger partial charge in [-0.15, -0.1) is 0 Å². The summed E-state index contributed by atoms with van der Waals surface area (Å²) in [5.74, 6) is -1.42. The van der Waals surface area contributed by atoms with E-state index in [1.807, 2.05) is 24.3 Å². The largest absolute Gasteiger partial charge is 0.325 e. The number of halogens is 1. The topological polar surface area (TPSA) is 78.5 Å². The summed E-state index contributed by atoms with van der Waals surface area (Å²) >= 11 is 0. The first-order valence-corrected chi connectivity index (χ1v) is 10.2. The van der Waals surface area contributed by atoms with E-state index in [1.165, 1.54) is 29.8 Å². The third-order valence-electron chi connectivity index (χ3n) is 5.40. The van der Waals surface area contributed by atoms with Crippen molar-refractivity contribution in [2.45, 2.75) is 45.1 Å². The highest BCUT2D eigenvalue weighted by molar-refractivity contribution is 6.10. The van der Waals surface area contributed by atoms with Gasteiger partial charge in [0.25, 0.3) is 5.91 Å². The highest BCUT2D eigenvalue weighted by Gasteiger charge is 2.51. The zero-order valence-corrected chi connectivity index (χ0v) is 17.2. The van der Waals surface area contributed by atoms with Crippen LogP contribution in [0.5, 0.6) is 0 Å². The Labute approximate surface area is 175 Å². The molecule has 158 valence electrons. The lowest BCUT2D eigenvalue weighted by Crippen LogP contribution is -2.44. The second-order valence-corrected chi connectivity index (χ2v) is 7.44. The molecule has 1 aliphatic rings. The minimum Gasteiger partial charge on any atom is -0.325 e. The van der Waals surface area contributed by atoms with E-state index in [-0.39, 0.29) is 6.42 Å². The number of nitrogens with zero attached hydrogens (tertiary/aromatic N) is 1. The average molecular weight is 411 g/mol. The summed E-state index contributed by atoms with van der Waals surface area (Å²) in [6.07, 6.45) is 3.48. The monoisotopic (exact) mass is 411 g/mol. The molecule has 0 unspecified atom stereocenters. The molecule has 1 fully saturated rings. The smallest absolute Gasteiger partial charge is 0.325 e. The summed E-state index contributed by atoms with van der Waals surface area (Å²) in [4.78, 5) is 38.9. The Kier molecular flexibility index (Phi) is 6.50. The Morgan fingerprint density at radius 2 is 1.73 bits per heavy atom. The van der Waals surface area contributed by atoms with Crippen LogP contribution in [-0.4, -0.2) is 29.3 Å². The number of urea groups is 1. The summed E-state index contributed by atoms with van der Waals surface area (Å²) in [5.41, 5.74) is 0.977. The predicted molar refractivity (Wildman–Crippen MR) is 112 cm³/mol. The zero-order chi connectivity index (χ0) is 21.7. The Morgan fingerprint density at radius 3 is 2.33 bits per heavy atom. The molecule has 2 N–H and O–H groups in total. The van der Waals surface area contributed by atoms with Gasteiger partial charge in [0.2, 0.25) is 5.91 Å². The van der Waals surface area contributed by atoms with E-state index in [0.717, 1.165) is 24.2 Å². The van der Waals surface area contributed by atoms with Gasteiger partial charge in [-0.3, -0.25) is 14.5 Å². The van der Waals surface area contributed by atoms with Crippen LogP contribution in [0.15, 0.2) is 48.5 Å². The number of unbranched alkanes of at least 4 members (excludes halogenated alkanes) is 1. The summed E-state index contributed by atoms with van der Waals surface area (Å²) in [6, 6.07) is 12.3.